The first-order valence-corrected chi connectivity index (χ1v) is 9.41. The van der Waals surface area contributed by atoms with E-state index < -0.39 is 0 Å². The van der Waals surface area contributed by atoms with Gasteiger partial charge in [-0.2, -0.15) is 0 Å². The summed E-state index contributed by atoms with van der Waals surface area (Å²) in [6.07, 6.45) is 8.29. The van der Waals surface area contributed by atoms with Crippen LogP contribution in [0.4, 0.5) is 0 Å². The molecule has 1 aliphatic carbocycles. The lowest BCUT2D eigenvalue weighted by Crippen LogP contribution is -2.52. The minimum Gasteiger partial charge on any atom is -0.497 e. The van der Waals surface area contributed by atoms with Crippen LogP contribution in [0, 0.1) is 0 Å². The van der Waals surface area contributed by atoms with Crippen molar-refractivity contribution in [3.63, 3.8) is 0 Å². The van der Waals surface area contributed by atoms with Crippen molar-refractivity contribution < 1.29 is 9.53 Å². The first-order valence-electron chi connectivity index (χ1n) is 9.41. The lowest BCUT2D eigenvalue weighted by atomic mass is 9.94. The van der Waals surface area contributed by atoms with E-state index >= 15 is 0 Å². The highest BCUT2D eigenvalue weighted by atomic mass is 16.5. The molecule has 4 heteroatoms. The van der Waals surface area contributed by atoms with Gasteiger partial charge in [0, 0.05) is 38.6 Å². The van der Waals surface area contributed by atoms with Gasteiger partial charge in [-0.25, -0.2) is 0 Å². The second kappa shape index (κ2) is 8.52. The molecule has 3 rings (SSSR count). The summed E-state index contributed by atoms with van der Waals surface area (Å²) in [6.45, 7) is 3.91. The van der Waals surface area contributed by atoms with Crippen molar-refractivity contribution in [3.8, 4) is 5.75 Å². The van der Waals surface area contributed by atoms with E-state index in [0.717, 1.165) is 44.4 Å². The van der Waals surface area contributed by atoms with Crippen LogP contribution < -0.4 is 4.74 Å². The molecule has 0 aromatic heterocycles. The number of methoxy groups -OCH3 is 1. The number of nitrogens with zero attached hydrogens (tertiary/aromatic N) is 2. The summed E-state index contributed by atoms with van der Waals surface area (Å²) in [7, 11) is 1.67. The molecule has 1 saturated carbocycles. The fourth-order valence-corrected chi connectivity index (χ4v) is 3.98. The summed E-state index contributed by atoms with van der Waals surface area (Å²) in [5.41, 5.74) is 1.20. The van der Waals surface area contributed by atoms with E-state index in [4.69, 9.17) is 4.74 Å². The summed E-state index contributed by atoms with van der Waals surface area (Å²) in [5.74, 6) is 1.16. The summed E-state index contributed by atoms with van der Waals surface area (Å²) in [4.78, 5) is 17.1. The van der Waals surface area contributed by atoms with E-state index in [9.17, 15) is 4.79 Å². The molecule has 1 aromatic rings. The van der Waals surface area contributed by atoms with E-state index in [1.165, 1.54) is 37.7 Å². The summed E-state index contributed by atoms with van der Waals surface area (Å²) < 4.78 is 5.17. The molecule has 4 nitrogen and oxygen atoms in total. The number of hydrogen-bond donors (Lipinski definition) is 0. The summed E-state index contributed by atoms with van der Waals surface area (Å²) in [6, 6.07) is 8.79. The Labute approximate surface area is 145 Å². The highest BCUT2D eigenvalue weighted by Gasteiger charge is 2.26. The van der Waals surface area contributed by atoms with Crippen LogP contribution in [0.15, 0.2) is 24.3 Å². The van der Waals surface area contributed by atoms with Crippen molar-refractivity contribution in [2.45, 2.75) is 51.0 Å². The minimum atomic E-state index is 0.300. The van der Waals surface area contributed by atoms with Gasteiger partial charge >= 0.3 is 0 Å². The normalized spacial score (nSPS) is 20.1. The molecule has 24 heavy (non-hydrogen) atoms. The molecule has 0 bridgehead atoms. The van der Waals surface area contributed by atoms with Crippen LogP contribution in [0.5, 0.6) is 5.75 Å². The number of ether oxygens (including phenoxy) is 1. The van der Waals surface area contributed by atoms with Gasteiger partial charge in [0.15, 0.2) is 0 Å². The van der Waals surface area contributed by atoms with Crippen molar-refractivity contribution in [2.75, 3.05) is 33.3 Å². The van der Waals surface area contributed by atoms with Crippen LogP contribution in [0.1, 0.15) is 44.1 Å². The largest absolute Gasteiger partial charge is 0.497 e. The summed E-state index contributed by atoms with van der Waals surface area (Å²) in [5, 5.41) is 0. The highest BCUT2D eigenvalue weighted by Crippen LogP contribution is 2.23. The Morgan fingerprint density at radius 2 is 1.71 bits per heavy atom. The first kappa shape index (κ1) is 17.3. The standard InChI is InChI=1S/C20H30N2O2/c1-24-19-10-7-17(8-11-19)9-12-20(23)22-15-13-21(14-16-22)18-5-3-2-4-6-18/h7-8,10-11,18H,2-6,9,12-16H2,1H3. The molecule has 1 saturated heterocycles. The van der Waals surface area contributed by atoms with Crippen LogP contribution >= 0.6 is 0 Å². The number of benzene rings is 1. The zero-order valence-corrected chi connectivity index (χ0v) is 14.9. The Balaban J connectivity index is 1.41. The van der Waals surface area contributed by atoms with Crippen molar-refractivity contribution in [3.05, 3.63) is 29.8 Å². The van der Waals surface area contributed by atoms with Gasteiger partial charge in [-0.3, -0.25) is 9.69 Å². The molecule has 1 aliphatic heterocycles. The van der Waals surface area contributed by atoms with Crippen LogP contribution in [-0.4, -0.2) is 55.0 Å². The maximum absolute atomic E-state index is 12.5. The molecule has 0 unspecified atom stereocenters. The highest BCUT2D eigenvalue weighted by molar-refractivity contribution is 5.76. The topological polar surface area (TPSA) is 32.8 Å². The third-order valence-electron chi connectivity index (χ3n) is 5.54. The van der Waals surface area contributed by atoms with E-state index in [-0.39, 0.29) is 0 Å². The number of piperazine rings is 1. The zero-order chi connectivity index (χ0) is 16.8. The van der Waals surface area contributed by atoms with Crippen LogP contribution in [0.2, 0.25) is 0 Å². The van der Waals surface area contributed by atoms with Gasteiger partial charge in [-0.15, -0.1) is 0 Å². The Hall–Kier alpha value is -1.55. The molecule has 132 valence electrons. The quantitative estimate of drug-likeness (QED) is 0.832. The molecule has 1 amide bonds. The number of rotatable bonds is 5. The Kier molecular flexibility index (Phi) is 6.13. The SMILES string of the molecule is COc1ccc(CCC(=O)N2CCN(C3CCCCC3)CC2)cc1. The van der Waals surface area contributed by atoms with Crippen LogP contribution in [0.25, 0.3) is 0 Å². The predicted molar refractivity (Wildman–Crippen MR) is 96.3 cm³/mol. The molecule has 1 aromatic carbocycles. The fourth-order valence-electron chi connectivity index (χ4n) is 3.98. The second-order valence-corrected chi connectivity index (χ2v) is 7.06. The van der Waals surface area contributed by atoms with Gasteiger partial charge in [0.2, 0.25) is 5.91 Å². The predicted octanol–water partition coefficient (Wildman–Crippen LogP) is 3.10. The minimum absolute atomic E-state index is 0.300. The molecule has 1 heterocycles. The van der Waals surface area contributed by atoms with E-state index in [2.05, 4.69) is 9.80 Å². The summed E-state index contributed by atoms with van der Waals surface area (Å²) >= 11 is 0. The Bertz CT molecular complexity index is 515. The number of carbonyl (C=O) groups excluding carboxylic acids is 1. The molecule has 0 spiro atoms. The average molecular weight is 330 g/mol. The van der Waals surface area contributed by atoms with Gasteiger partial charge in [-0.05, 0) is 37.0 Å². The third-order valence-corrected chi connectivity index (χ3v) is 5.54. The Morgan fingerprint density at radius 1 is 1.04 bits per heavy atom. The number of aryl methyl sites for hydroxylation is 1. The zero-order valence-electron chi connectivity index (χ0n) is 14.9. The maximum atomic E-state index is 12.5. The van der Waals surface area contributed by atoms with Crippen molar-refractivity contribution >= 4 is 5.91 Å². The second-order valence-electron chi connectivity index (χ2n) is 7.06. The van der Waals surface area contributed by atoms with E-state index in [0.29, 0.717) is 12.3 Å². The number of carbonyl (C=O) groups is 1. The van der Waals surface area contributed by atoms with Gasteiger partial charge in [0.05, 0.1) is 7.11 Å². The number of amides is 1. The smallest absolute Gasteiger partial charge is 0.222 e. The lowest BCUT2D eigenvalue weighted by Gasteiger charge is -2.40. The van der Waals surface area contributed by atoms with Gasteiger partial charge in [0.1, 0.15) is 5.75 Å². The lowest BCUT2D eigenvalue weighted by molar-refractivity contribution is -0.133. The van der Waals surface area contributed by atoms with Crippen LogP contribution in [0.3, 0.4) is 0 Å². The maximum Gasteiger partial charge on any atom is 0.222 e. The van der Waals surface area contributed by atoms with E-state index in [1.54, 1.807) is 7.11 Å². The van der Waals surface area contributed by atoms with Gasteiger partial charge in [-0.1, -0.05) is 31.4 Å². The fraction of sp³-hybridized carbons (Fsp3) is 0.650. The van der Waals surface area contributed by atoms with Crippen LogP contribution in [-0.2, 0) is 11.2 Å². The van der Waals surface area contributed by atoms with Crippen molar-refractivity contribution in [2.24, 2.45) is 0 Å². The molecular formula is C20H30N2O2. The first-order chi connectivity index (χ1) is 11.8. The van der Waals surface area contributed by atoms with Gasteiger partial charge < -0.3 is 9.64 Å². The Morgan fingerprint density at radius 3 is 2.33 bits per heavy atom. The third kappa shape index (κ3) is 4.50. The molecule has 0 N–H and O–H groups in total. The van der Waals surface area contributed by atoms with Gasteiger partial charge in [0.25, 0.3) is 0 Å². The number of hydrogen-bond acceptors (Lipinski definition) is 3. The van der Waals surface area contributed by atoms with Crippen molar-refractivity contribution in [1.82, 2.24) is 9.80 Å². The monoisotopic (exact) mass is 330 g/mol. The van der Waals surface area contributed by atoms with E-state index in [1.807, 2.05) is 24.3 Å². The molecule has 2 fully saturated rings. The molecule has 0 radical (unpaired) electrons. The molecule has 0 atom stereocenters. The molecular weight excluding hydrogens is 300 g/mol. The average Bonchev–Trinajstić information content (AvgIpc) is 2.67. The van der Waals surface area contributed by atoms with Crippen molar-refractivity contribution in [1.29, 1.82) is 0 Å². The molecule has 2 aliphatic rings.